The number of aliphatic hydroxyl groups is 4. The topological polar surface area (TPSA) is 240 Å². The Bertz CT molecular complexity index is 1900. The summed E-state index contributed by atoms with van der Waals surface area (Å²) in [6, 6.07) is -1.39. The molecule has 1 amide bonds. The van der Waals surface area contributed by atoms with Crippen LogP contribution in [0.15, 0.2) is 18.9 Å². The smallest absolute Gasteiger partial charge is 0.229 e. The Morgan fingerprint density at radius 2 is 1.33 bits per heavy atom. The Balaban J connectivity index is 1.06. The number of nitrogens with zero attached hydrogens (tertiary/aromatic N) is 10. The Labute approximate surface area is 293 Å². The van der Waals surface area contributed by atoms with Crippen molar-refractivity contribution in [3.05, 3.63) is 18.9 Å². The number of nitrogens with one attached hydrogen (secondary N) is 4. The monoisotopic (exact) mass is 706 g/mol. The van der Waals surface area contributed by atoms with E-state index in [-0.39, 0.29) is 36.1 Å². The molecule has 0 aromatic carbocycles. The van der Waals surface area contributed by atoms with Crippen molar-refractivity contribution < 1.29 is 25.2 Å². The van der Waals surface area contributed by atoms with Crippen molar-refractivity contribution >= 4 is 45.9 Å². The van der Waals surface area contributed by atoms with Crippen LogP contribution in [0.4, 0.5) is 17.7 Å². The first-order valence-corrected chi connectivity index (χ1v) is 17.7. The normalized spacial score (nSPS) is 32.5. The van der Waals surface area contributed by atoms with Gasteiger partial charge in [-0.05, 0) is 39.8 Å². The van der Waals surface area contributed by atoms with Gasteiger partial charge < -0.3 is 60.6 Å². The lowest BCUT2D eigenvalue weighted by molar-refractivity contribution is -0.119. The van der Waals surface area contributed by atoms with Gasteiger partial charge in [-0.3, -0.25) is 4.79 Å². The van der Waals surface area contributed by atoms with Gasteiger partial charge in [0.25, 0.3) is 0 Å². The molecule has 0 radical (unpaired) electrons. The van der Waals surface area contributed by atoms with E-state index in [1.165, 1.54) is 6.92 Å². The van der Waals surface area contributed by atoms with Gasteiger partial charge in [0.1, 0.15) is 17.7 Å². The SMILES string of the molecule is CN[C@H]1C[C@@H](n2cnc3cnc(N4CC[C@@H](Nc5nc(N6CC[C@@H](NC(C)=O)C6)nc6c5ncn6[C@@H]5C[C@H](NC)[C@@H](O)[C@H]5O)C4)nc32)[C@H](O)[C@@H]1O. The van der Waals surface area contributed by atoms with E-state index in [4.69, 9.17) is 19.9 Å². The number of anilines is 3. The Hall–Kier alpha value is -4.27. The lowest BCUT2D eigenvalue weighted by Gasteiger charge is -2.22. The van der Waals surface area contributed by atoms with Crippen molar-refractivity contribution in [2.75, 3.05) is 55.4 Å². The number of hydrogen-bond acceptors (Lipinski definition) is 16. The van der Waals surface area contributed by atoms with Crippen LogP contribution in [0.1, 0.15) is 44.7 Å². The van der Waals surface area contributed by atoms with Gasteiger partial charge in [0.15, 0.2) is 22.6 Å². The highest BCUT2D eigenvalue weighted by molar-refractivity contribution is 5.85. The first-order valence-electron chi connectivity index (χ1n) is 17.7. The number of carbonyl (C=O) groups excluding carboxylic acids is 1. The molecular weight excluding hydrogens is 660 g/mol. The molecule has 10 atom stereocenters. The fourth-order valence-electron chi connectivity index (χ4n) is 8.35. The highest BCUT2D eigenvalue weighted by Crippen LogP contribution is 2.36. The Morgan fingerprint density at radius 3 is 1.98 bits per heavy atom. The van der Waals surface area contributed by atoms with Crippen LogP contribution in [0.3, 0.4) is 0 Å². The molecule has 2 saturated carbocycles. The molecule has 51 heavy (non-hydrogen) atoms. The third kappa shape index (κ3) is 6.00. The first-order chi connectivity index (χ1) is 24.6. The van der Waals surface area contributed by atoms with Gasteiger partial charge in [-0.15, -0.1) is 0 Å². The molecule has 4 aromatic heterocycles. The van der Waals surface area contributed by atoms with E-state index in [0.29, 0.717) is 79.1 Å². The van der Waals surface area contributed by atoms with Crippen molar-refractivity contribution in [1.29, 1.82) is 0 Å². The van der Waals surface area contributed by atoms with E-state index < -0.39 is 30.5 Å². The van der Waals surface area contributed by atoms with Crippen LogP contribution in [0.5, 0.6) is 0 Å². The molecule has 274 valence electrons. The maximum atomic E-state index is 11.8. The molecule has 8 rings (SSSR count). The van der Waals surface area contributed by atoms with Gasteiger partial charge in [-0.25, -0.2) is 15.0 Å². The summed E-state index contributed by atoms with van der Waals surface area (Å²) in [6.45, 7) is 4.00. The van der Waals surface area contributed by atoms with Gasteiger partial charge in [-0.2, -0.15) is 15.0 Å². The third-order valence-electron chi connectivity index (χ3n) is 11.2. The van der Waals surface area contributed by atoms with Crippen LogP contribution in [0.25, 0.3) is 22.3 Å². The largest absolute Gasteiger partial charge is 0.389 e. The fraction of sp³-hybridized carbons (Fsp3) is 0.656. The van der Waals surface area contributed by atoms with E-state index in [1.54, 1.807) is 32.9 Å². The maximum Gasteiger partial charge on any atom is 0.229 e. The van der Waals surface area contributed by atoms with E-state index in [1.807, 2.05) is 14.0 Å². The fourth-order valence-corrected chi connectivity index (χ4v) is 8.35. The second kappa shape index (κ2) is 13.4. The lowest BCUT2D eigenvalue weighted by Crippen LogP contribution is -2.38. The van der Waals surface area contributed by atoms with Gasteiger partial charge in [0.05, 0.1) is 43.1 Å². The zero-order valence-corrected chi connectivity index (χ0v) is 28.8. The summed E-state index contributed by atoms with van der Waals surface area (Å²) in [7, 11) is 3.54. The van der Waals surface area contributed by atoms with Crippen molar-refractivity contribution in [2.24, 2.45) is 0 Å². The van der Waals surface area contributed by atoms with E-state index in [9.17, 15) is 25.2 Å². The molecule has 4 fully saturated rings. The molecule has 0 unspecified atom stereocenters. The standard InChI is InChI=1S/C32H46N14O5/c1-15(47)38-16-4-7-44(11-16)32-40-28(23-30(42-32)46(14-37-23)22-9-19(34-3)25(49)27(22)51)39-17-5-6-43(12-17)31-35-10-20-29(41-31)45(13-36-20)21-8-18(33-2)24(48)26(21)50/h10,13-14,16-19,21-22,24-27,33-34,48-51H,4-9,11-12H2,1-3H3,(H,38,47)(H,39,40,42)/t16-,17-,18+,19+,21-,22-,24-,25-,26+,27+/m1/s1. The second-order valence-corrected chi connectivity index (χ2v) is 14.3. The molecule has 2 aliphatic heterocycles. The molecule has 0 bridgehead atoms. The van der Waals surface area contributed by atoms with Crippen molar-refractivity contribution in [3.8, 4) is 0 Å². The lowest BCUT2D eigenvalue weighted by atomic mass is 10.2. The molecule has 4 aromatic rings. The summed E-state index contributed by atoms with van der Waals surface area (Å²) in [6.07, 6.45) is 3.76. The number of aliphatic hydroxyl groups excluding tert-OH is 4. The van der Waals surface area contributed by atoms with Crippen LogP contribution in [0, 0.1) is 0 Å². The number of aromatic nitrogens is 8. The molecule has 19 heteroatoms. The predicted octanol–water partition coefficient (Wildman–Crippen LogP) is -2.12. The molecule has 4 aliphatic rings. The van der Waals surface area contributed by atoms with Crippen LogP contribution in [-0.4, -0.2) is 154 Å². The van der Waals surface area contributed by atoms with E-state index in [2.05, 4.69) is 36.1 Å². The predicted molar refractivity (Wildman–Crippen MR) is 186 cm³/mol. The Kier molecular flexibility index (Phi) is 8.87. The van der Waals surface area contributed by atoms with Gasteiger partial charge in [-0.1, -0.05) is 0 Å². The average molecular weight is 707 g/mol. The zero-order valence-electron chi connectivity index (χ0n) is 28.8. The third-order valence-corrected chi connectivity index (χ3v) is 11.2. The minimum atomic E-state index is -1.01. The summed E-state index contributed by atoms with van der Waals surface area (Å²) in [4.78, 5) is 44.5. The summed E-state index contributed by atoms with van der Waals surface area (Å²) in [5, 5.41) is 55.8. The number of carbonyl (C=O) groups is 1. The van der Waals surface area contributed by atoms with Gasteiger partial charge in [0, 0.05) is 57.3 Å². The highest BCUT2D eigenvalue weighted by Gasteiger charge is 2.44. The summed E-state index contributed by atoms with van der Waals surface area (Å²) < 4.78 is 3.67. The molecule has 6 heterocycles. The summed E-state index contributed by atoms with van der Waals surface area (Å²) in [5.41, 5.74) is 2.32. The van der Waals surface area contributed by atoms with Crippen LogP contribution >= 0.6 is 0 Å². The molecule has 8 N–H and O–H groups in total. The number of rotatable bonds is 9. The number of fused-ring (bicyclic) bond motifs is 2. The minimum Gasteiger partial charge on any atom is -0.389 e. The minimum absolute atomic E-state index is 0.0184. The number of hydrogen-bond donors (Lipinski definition) is 8. The zero-order chi connectivity index (χ0) is 35.6. The van der Waals surface area contributed by atoms with Crippen molar-refractivity contribution in [1.82, 2.24) is 55.0 Å². The van der Waals surface area contributed by atoms with E-state index in [0.717, 1.165) is 12.8 Å². The molecule has 19 nitrogen and oxygen atoms in total. The summed E-state index contributed by atoms with van der Waals surface area (Å²) >= 11 is 0. The number of likely N-dealkylation sites (N-methyl/N-ethyl adjacent to an activating group) is 2. The molecule has 2 aliphatic carbocycles. The molecular formula is C32H46N14O5. The second-order valence-electron chi connectivity index (χ2n) is 14.3. The Morgan fingerprint density at radius 1 is 0.745 bits per heavy atom. The van der Waals surface area contributed by atoms with Gasteiger partial charge >= 0.3 is 0 Å². The average Bonchev–Trinajstić information content (AvgIpc) is 3.98. The van der Waals surface area contributed by atoms with E-state index >= 15 is 0 Å². The van der Waals surface area contributed by atoms with Gasteiger partial charge in [0.2, 0.25) is 17.8 Å². The summed E-state index contributed by atoms with van der Waals surface area (Å²) in [5.74, 6) is 1.51. The van der Waals surface area contributed by atoms with Crippen molar-refractivity contribution in [3.63, 3.8) is 0 Å². The molecule has 2 saturated heterocycles. The van der Waals surface area contributed by atoms with Crippen LogP contribution in [-0.2, 0) is 4.79 Å². The van der Waals surface area contributed by atoms with Crippen molar-refractivity contribution in [2.45, 2.75) is 93.3 Å². The number of imidazole rings is 2. The first kappa shape index (κ1) is 33.9. The van der Waals surface area contributed by atoms with Crippen LogP contribution < -0.4 is 31.1 Å². The van der Waals surface area contributed by atoms with Crippen LogP contribution in [0.2, 0.25) is 0 Å². The number of amides is 1. The highest BCUT2D eigenvalue weighted by atomic mass is 16.3. The molecule has 0 spiro atoms. The quantitative estimate of drug-likeness (QED) is 0.0928. The maximum absolute atomic E-state index is 11.8.